The number of anilines is 1. The van der Waals surface area contributed by atoms with Gasteiger partial charge in [-0.3, -0.25) is 9.59 Å². The van der Waals surface area contributed by atoms with E-state index in [1.807, 2.05) is 6.07 Å². The van der Waals surface area contributed by atoms with E-state index >= 15 is 0 Å². The Morgan fingerprint density at radius 1 is 1.10 bits per heavy atom. The minimum atomic E-state index is -0.122. The first-order chi connectivity index (χ1) is 14.3. The van der Waals surface area contributed by atoms with E-state index in [0.717, 1.165) is 12.2 Å². The Morgan fingerprint density at radius 3 is 2.47 bits per heavy atom. The monoisotopic (exact) mass is 448 g/mol. The van der Waals surface area contributed by atoms with Crippen molar-refractivity contribution in [2.75, 3.05) is 37.6 Å². The van der Waals surface area contributed by atoms with E-state index in [0.29, 0.717) is 59.8 Å². The van der Waals surface area contributed by atoms with Crippen LogP contribution in [0, 0.1) is 5.92 Å². The molecule has 2 amide bonds. The van der Waals surface area contributed by atoms with Crippen molar-refractivity contribution < 1.29 is 9.59 Å². The van der Waals surface area contributed by atoms with Crippen molar-refractivity contribution in [2.24, 2.45) is 5.92 Å². The van der Waals surface area contributed by atoms with Gasteiger partial charge in [0.05, 0.1) is 16.1 Å². The summed E-state index contributed by atoms with van der Waals surface area (Å²) in [6, 6.07) is 8.54. The Bertz CT molecular complexity index is 895. The van der Waals surface area contributed by atoms with Gasteiger partial charge in [0, 0.05) is 43.9 Å². The highest BCUT2D eigenvalue weighted by Crippen LogP contribution is 2.23. The van der Waals surface area contributed by atoms with E-state index < -0.39 is 0 Å². The highest BCUT2D eigenvalue weighted by Gasteiger charge is 2.24. The highest BCUT2D eigenvalue weighted by molar-refractivity contribution is 6.35. The number of hydrogen-bond donors (Lipinski definition) is 1. The smallest absolute Gasteiger partial charge is 0.255 e. The number of carbonyl (C=O) groups excluding carboxylic acids is 2. The number of nitrogens with one attached hydrogen (secondary N) is 1. The van der Waals surface area contributed by atoms with E-state index in [2.05, 4.69) is 29.0 Å². The van der Waals surface area contributed by atoms with Crippen molar-refractivity contribution >= 4 is 40.8 Å². The molecule has 8 heteroatoms. The lowest BCUT2D eigenvalue weighted by atomic mass is 10.1. The molecule has 0 aliphatic carbocycles. The first-order valence-corrected chi connectivity index (χ1v) is 10.8. The molecule has 30 heavy (non-hydrogen) atoms. The molecule has 0 spiro atoms. The minimum Gasteiger partial charge on any atom is -0.353 e. The fourth-order valence-corrected chi connectivity index (χ4v) is 3.62. The van der Waals surface area contributed by atoms with Crippen LogP contribution in [0.5, 0.6) is 0 Å². The third-order valence-corrected chi connectivity index (χ3v) is 5.63. The summed E-state index contributed by atoms with van der Waals surface area (Å²) in [5.74, 6) is 1.11. The van der Waals surface area contributed by atoms with Crippen molar-refractivity contribution in [1.29, 1.82) is 0 Å². The Balaban J connectivity index is 1.55. The van der Waals surface area contributed by atoms with Crippen molar-refractivity contribution in [3.63, 3.8) is 0 Å². The Kier molecular flexibility index (Phi) is 7.56. The van der Waals surface area contributed by atoms with Gasteiger partial charge in [0.1, 0.15) is 5.82 Å². The molecule has 0 unspecified atom stereocenters. The van der Waals surface area contributed by atoms with Gasteiger partial charge in [-0.15, -0.1) is 0 Å². The molecular weight excluding hydrogens is 423 g/mol. The van der Waals surface area contributed by atoms with Crippen LogP contribution < -0.4 is 10.2 Å². The van der Waals surface area contributed by atoms with Gasteiger partial charge in [-0.2, -0.15) is 0 Å². The van der Waals surface area contributed by atoms with Crippen LogP contribution in [-0.2, 0) is 0 Å². The molecule has 1 aromatic carbocycles. The molecule has 0 saturated carbocycles. The van der Waals surface area contributed by atoms with Crippen LogP contribution in [0.4, 0.5) is 5.82 Å². The van der Waals surface area contributed by atoms with Gasteiger partial charge in [-0.1, -0.05) is 37.0 Å². The van der Waals surface area contributed by atoms with Gasteiger partial charge >= 0.3 is 0 Å². The van der Waals surface area contributed by atoms with E-state index in [-0.39, 0.29) is 11.8 Å². The van der Waals surface area contributed by atoms with E-state index in [4.69, 9.17) is 23.2 Å². The van der Waals surface area contributed by atoms with Gasteiger partial charge in [0.25, 0.3) is 11.8 Å². The molecule has 2 aromatic rings. The number of amides is 2. The average molecular weight is 449 g/mol. The van der Waals surface area contributed by atoms with Gasteiger partial charge in [0.15, 0.2) is 0 Å². The summed E-state index contributed by atoms with van der Waals surface area (Å²) in [5.41, 5.74) is 0.968. The lowest BCUT2D eigenvalue weighted by Crippen LogP contribution is -2.49. The predicted molar refractivity (Wildman–Crippen MR) is 121 cm³/mol. The standard InChI is InChI=1S/C22H26Cl2N4O2/c1-15(2)7-8-25-21(29)16-3-6-20(26-14-16)27-9-11-28(12-10-27)22(30)18-13-17(23)4-5-19(18)24/h3-6,13-15H,7-12H2,1-2H3,(H,25,29). The molecule has 1 N–H and O–H groups in total. The molecule has 1 aliphatic rings. The van der Waals surface area contributed by atoms with Crippen molar-refractivity contribution in [1.82, 2.24) is 15.2 Å². The van der Waals surface area contributed by atoms with Gasteiger partial charge in [-0.25, -0.2) is 4.98 Å². The number of hydrogen-bond acceptors (Lipinski definition) is 4. The molecule has 0 bridgehead atoms. The zero-order valence-electron chi connectivity index (χ0n) is 17.2. The number of carbonyl (C=O) groups is 2. The number of halogens is 2. The first-order valence-electron chi connectivity index (χ1n) is 10.1. The summed E-state index contributed by atoms with van der Waals surface area (Å²) in [5, 5.41) is 3.80. The lowest BCUT2D eigenvalue weighted by molar-refractivity contribution is 0.0746. The molecular formula is C22H26Cl2N4O2. The van der Waals surface area contributed by atoms with Crippen LogP contribution in [0.3, 0.4) is 0 Å². The molecule has 1 aliphatic heterocycles. The van der Waals surface area contributed by atoms with Crippen molar-refractivity contribution in [3.05, 3.63) is 57.7 Å². The molecule has 1 aromatic heterocycles. The second-order valence-electron chi connectivity index (χ2n) is 7.75. The van der Waals surface area contributed by atoms with E-state index in [9.17, 15) is 9.59 Å². The summed E-state index contributed by atoms with van der Waals surface area (Å²) in [6.07, 6.45) is 2.55. The molecule has 1 fully saturated rings. The quantitative estimate of drug-likeness (QED) is 0.721. The third kappa shape index (κ3) is 5.64. The van der Waals surface area contributed by atoms with Crippen LogP contribution in [0.1, 0.15) is 41.0 Å². The molecule has 0 radical (unpaired) electrons. The molecule has 3 rings (SSSR count). The van der Waals surface area contributed by atoms with Crippen molar-refractivity contribution in [2.45, 2.75) is 20.3 Å². The molecule has 6 nitrogen and oxygen atoms in total. The summed E-state index contributed by atoms with van der Waals surface area (Å²) in [4.78, 5) is 33.3. The lowest BCUT2D eigenvalue weighted by Gasteiger charge is -2.35. The van der Waals surface area contributed by atoms with Crippen LogP contribution in [0.2, 0.25) is 10.0 Å². The zero-order chi connectivity index (χ0) is 21.7. The average Bonchev–Trinajstić information content (AvgIpc) is 2.75. The maximum absolute atomic E-state index is 12.8. The minimum absolute atomic E-state index is 0.108. The topological polar surface area (TPSA) is 65.5 Å². The normalized spacial score (nSPS) is 14.2. The molecule has 160 valence electrons. The van der Waals surface area contributed by atoms with Gasteiger partial charge < -0.3 is 15.1 Å². The number of pyridine rings is 1. The first kappa shape index (κ1) is 22.4. The molecule has 2 heterocycles. The van der Waals surface area contributed by atoms with Crippen molar-refractivity contribution in [3.8, 4) is 0 Å². The zero-order valence-corrected chi connectivity index (χ0v) is 18.7. The number of piperazine rings is 1. The Hall–Kier alpha value is -2.31. The maximum Gasteiger partial charge on any atom is 0.255 e. The predicted octanol–water partition coefficient (Wildman–Crippen LogP) is 4.13. The number of benzene rings is 1. The van der Waals surface area contributed by atoms with Crippen LogP contribution in [-0.4, -0.2) is 54.4 Å². The summed E-state index contributed by atoms with van der Waals surface area (Å²) in [7, 11) is 0. The SMILES string of the molecule is CC(C)CCNC(=O)c1ccc(N2CCN(C(=O)c3cc(Cl)ccc3Cl)CC2)nc1. The maximum atomic E-state index is 12.8. The van der Waals surface area contributed by atoms with Crippen LogP contribution in [0.25, 0.3) is 0 Å². The summed E-state index contributed by atoms with van der Waals surface area (Å²) in [6.45, 7) is 7.32. The Labute approximate surface area is 187 Å². The number of nitrogens with zero attached hydrogens (tertiary/aromatic N) is 3. The van der Waals surface area contributed by atoms with Crippen LogP contribution in [0.15, 0.2) is 36.5 Å². The fraction of sp³-hybridized carbons (Fsp3) is 0.409. The highest BCUT2D eigenvalue weighted by atomic mass is 35.5. The second kappa shape index (κ2) is 10.1. The fourth-order valence-electron chi connectivity index (χ4n) is 3.25. The number of rotatable bonds is 6. The van der Waals surface area contributed by atoms with Crippen LogP contribution >= 0.6 is 23.2 Å². The van der Waals surface area contributed by atoms with E-state index in [1.165, 1.54) is 0 Å². The van der Waals surface area contributed by atoms with Gasteiger partial charge in [-0.05, 0) is 42.7 Å². The van der Waals surface area contributed by atoms with Gasteiger partial charge in [0.2, 0.25) is 0 Å². The van der Waals surface area contributed by atoms with E-state index in [1.54, 1.807) is 35.4 Å². The summed E-state index contributed by atoms with van der Waals surface area (Å²) >= 11 is 12.2. The molecule has 0 atom stereocenters. The largest absolute Gasteiger partial charge is 0.353 e. The second-order valence-corrected chi connectivity index (χ2v) is 8.59. The Morgan fingerprint density at radius 2 is 1.83 bits per heavy atom. The number of aromatic nitrogens is 1. The third-order valence-electron chi connectivity index (χ3n) is 5.07. The molecule has 1 saturated heterocycles. The summed E-state index contributed by atoms with van der Waals surface area (Å²) < 4.78 is 0.